The first-order valence-electron chi connectivity index (χ1n) is 11.6. The molecule has 0 spiro atoms. The Hall–Kier alpha value is -2.37. The number of likely N-dealkylation sites (N-methyl/N-ethyl adjacent to an activating group) is 1. The highest BCUT2D eigenvalue weighted by atomic mass is 16.5. The van der Waals surface area contributed by atoms with E-state index in [-0.39, 0.29) is 12.0 Å². The van der Waals surface area contributed by atoms with Crippen molar-refractivity contribution < 1.29 is 19.0 Å². The minimum Gasteiger partial charge on any atom is -0.493 e. The van der Waals surface area contributed by atoms with Gasteiger partial charge in [0.25, 0.3) is 0 Å². The topological polar surface area (TPSA) is 48.0 Å². The van der Waals surface area contributed by atoms with Gasteiger partial charge < -0.3 is 19.1 Å². The van der Waals surface area contributed by atoms with E-state index in [1.165, 1.54) is 5.56 Å². The molecule has 1 heterocycles. The quantitative estimate of drug-likeness (QED) is 0.706. The second kappa shape index (κ2) is 7.89. The summed E-state index contributed by atoms with van der Waals surface area (Å²) in [5, 5.41) is 0. The molecule has 2 fully saturated rings. The summed E-state index contributed by atoms with van der Waals surface area (Å²) in [6, 6.07) is 14.7. The number of carbonyl (C=O) groups excluding carboxylic acids is 1. The molecule has 2 aromatic rings. The highest BCUT2D eigenvalue weighted by Crippen LogP contribution is 2.63. The predicted molar refractivity (Wildman–Crippen MR) is 123 cm³/mol. The predicted octanol–water partition coefficient (Wildman–Crippen LogP) is 4.16. The summed E-state index contributed by atoms with van der Waals surface area (Å²) < 4.78 is 18.7. The number of methoxy groups -OCH3 is 2. The standard InChI is InChI=1S/C27H33NO4/c1-18-21(29)12-13-27(32-17-19-8-6-5-7-9-19)23-16-20-10-11-22(30-3)25(31-4)24(20)26(18,27)14-15-28(23)2/h5-11,18,23H,12-17H2,1-4H3/t18-,23?,26-,27-/m1/s1. The molecule has 1 aliphatic heterocycles. The molecule has 32 heavy (non-hydrogen) atoms. The van der Waals surface area contributed by atoms with E-state index in [1.54, 1.807) is 14.2 Å². The molecular formula is C27H33NO4. The van der Waals surface area contributed by atoms with E-state index in [0.717, 1.165) is 48.4 Å². The van der Waals surface area contributed by atoms with Crippen molar-refractivity contribution in [2.45, 2.75) is 56.3 Å². The van der Waals surface area contributed by atoms with Gasteiger partial charge in [-0.15, -0.1) is 0 Å². The zero-order valence-electron chi connectivity index (χ0n) is 19.5. The number of benzene rings is 2. The Balaban J connectivity index is 1.74. The number of fused-ring (bicyclic) bond motifs is 1. The van der Waals surface area contributed by atoms with E-state index in [0.29, 0.717) is 18.8 Å². The van der Waals surface area contributed by atoms with Crippen LogP contribution in [-0.2, 0) is 28.0 Å². The fourth-order valence-electron chi connectivity index (χ4n) is 6.94. The van der Waals surface area contributed by atoms with Gasteiger partial charge in [0.2, 0.25) is 0 Å². The number of carbonyl (C=O) groups is 1. The second-order valence-corrected chi connectivity index (χ2v) is 9.61. The van der Waals surface area contributed by atoms with Crippen LogP contribution in [0.2, 0.25) is 0 Å². The minimum atomic E-state index is -0.462. The first kappa shape index (κ1) is 21.5. The molecule has 0 radical (unpaired) electrons. The van der Waals surface area contributed by atoms with E-state index in [1.807, 2.05) is 12.1 Å². The molecule has 2 bridgehead atoms. The normalized spacial score (nSPS) is 31.6. The summed E-state index contributed by atoms with van der Waals surface area (Å²) in [5.41, 5.74) is 2.64. The Kier molecular flexibility index (Phi) is 5.30. The molecule has 0 amide bonds. The third-order valence-electron chi connectivity index (χ3n) is 8.48. The second-order valence-electron chi connectivity index (χ2n) is 9.61. The lowest BCUT2D eigenvalue weighted by molar-refractivity contribution is -0.214. The molecule has 5 nitrogen and oxygen atoms in total. The Labute approximate surface area is 190 Å². The molecule has 5 rings (SSSR count). The summed E-state index contributed by atoms with van der Waals surface area (Å²) in [6.45, 7) is 3.58. The van der Waals surface area contributed by atoms with Crippen LogP contribution in [0.1, 0.15) is 42.9 Å². The molecule has 1 unspecified atom stereocenters. The lowest BCUT2D eigenvalue weighted by atomic mass is 9.45. The van der Waals surface area contributed by atoms with Crippen molar-refractivity contribution in [1.29, 1.82) is 0 Å². The van der Waals surface area contributed by atoms with E-state index < -0.39 is 11.0 Å². The molecule has 2 aliphatic carbocycles. The number of ketones is 1. The average Bonchev–Trinajstić information content (AvgIpc) is 2.82. The maximum atomic E-state index is 13.3. The van der Waals surface area contributed by atoms with E-state index in [4.69, 9.17) is 14.2 Å². The minimum absolute atomic E-state index is 0.150. The van der Waals surface area contributed by atoms with Crippen molar-refractivity contribution in [1.82, 2.24) is 4.90 Å². The molecule has 4 atom stereocenters. The van der Waals surface area contributed by atoms with Crippen molar-refractivity contribution in [2.75, 3.05) is 27.8 Å². The Morgan fingerprint density at radius 2 is 1.84 bits per heavy atom. The van der Waals surface area contributed by atoms with Gasteiger partial charge in [-0.05, 0) is 50.0 Å². The van der Waals surface area contributed by atoms with Gasteiger partial charge in [0.1, 0.15) is 5.78 Å². The largest absolute Gasteiger partial charge is 0.493 e. The smallest absolute Gasteiger partial charge is 0.164 e. The maximum absolute atomic E-state index is 13.3. The highest BCUT2D eigenvalue weighted by molar-refractivity contribution is 5.85. The van der Waals surface area contributed by atoms with Crippen LogP contribution < -0.4 is 9.47 Å². The molecule has 5 heteroatoms. The van der Waals surface area contributed by atoms with Crippen LogP contribution in [0.4, 0.5) is 0 Å². The van der Waals surface area contributed by atoms with Gasteiger partial charge in [0, 0.05) is 29.4 Å². The lowest BCUT2D eigenvalue weighted by Crippen LogP contribution is -2.75. The van der Waals surface area contributed by atoms with Crippen molar-refractivity contribution >= 4 is 5.78 Å². The number of nitrogens with zero attached hydrogens (tertiary/aromatic N) is 1. The molecule has 0 aromatic heterocycles. The number of rotatable bonds is 5. The first-order valence-corrected chi connectivity index (χ1v) is 11.6. The van der Waals surface area contributed by atoms with Crippen molar-refractivity contribution in [3.63, 3.8) is 0 Å². The number of piperidine rings is 1. The molecule has 1 saturated carbocycles. The maximum Gasteiger partial charge on any atom is 0.164 e. The zero-order chi connectivity index (χ0) is 22.5. The van der Waals surface area contributed by atoms with Gasteiger partial charge >= 0.3 is 0 Å². The van der Waals surface area contributed by atoms with Crippen LogP contribution in [0.15, 0.2) is 42.5 Å². The van der Waals surface area contributed by atoms with Crippen molar-refractivity contribution in [3.8, 4) is 11.5 Å². The molecule has 3 aliphatic rings. The fourth-order valence-corrected chi connectivity index (χ4v) is 6.94. The summed E-state index contributed by atoms with van der Waals surface area (Å²) >= 11 is 0. The zero-order valence-corrected chi connectivity index (χ0v) is 19.5. The SMILES string of the molecule is COc1ccc2c(c1OC)[C@]13CCN(C)C(C2)[C@]1(OCc1ccccc1)CCC(=O)[C@H]3C. The van der Waals surface area contributed by atoms with Gasteiger partial charge in [-0.1, -0.05) is 43.3 Å². The molecular weight excluding hydrogens is 402 g/mol. The van der Waals surface area contributed by atoms with Crippen LogP contribution >= 0.6 is 0 Å². The fraction of sp³-hybridized carbons (Fsp3) is 0.519. The van der Waals surface area contributed by atoms with Crippen molar-refractivity contribution in [3.05, 3.63) is 59.2 Å². The Morgan fingerprint density at radius 3 is 2.56 bits per heavy atom. The van der Waals surface area contributed by atoms with E-state index in [2.05, 4.69) is 49.2 Å². The lowest BCUT2D eigenvalue weighted by Gasteiger charge is -2.66. The molecule has 2 aromatic carbocycles. The van der Waals surface area contributed by atoms with Gasteiger partial charge in [0.05, 0.1) is 26.4 Å². The summed E-state index contributed by atoms with van der Waals surface area (Å²) in [4.78, 5) is 15.7. The van der Waals surface area contributed by atoms with Crippen LogP contribution in [0.5, 0.6) is 11.5 Å². The third kappa shape index (κ3) is 2.80. The highest BCUT2D eigenvalue weighted by Gasteiger charge is 2.69. The average molecular weight is 436 g/mol. The number of Topliss-reactive ketones (excluding diaryl/α,β-unsaturated/α-hetero) is 1. The summed E-state index contributed by atoms with van der Waals surface area (Å²) in [5.74, 6) is 1.66. The van der Waals surface area contributed by atoms with Crippen LogP contribution in [0.3, 0.4) is 0 Å². The van der Waals surface area contributed by atoms with Crippen LogP contribution in [0, 0.1) is 5.92 Å². The Bertz CT molecular complexity index is 1020. The molecule has 0 N–H and O–H groups in total. The monoisotopic (exact) mass is 435 g/mol. The van der Waals surface area contributed by atoms with Crippen LogP contribution in [0.25, 0.3) is 0 Å². The first-order chi connectivity index (χ1) is 15.5. The van der Waals surface area contributed by atoms with Gasteiger partial charge in [-0.25, -0.2) is 0 Å². The number of ether oxygens (including phenoxy) is 3. The van der Waals surface area contributed by atoms with Crippen molar-refractivity contribution in [2.24, 2.45) is 5.92 Å². The van der Waals surface area contributed by atoms with E-state index in [9.17, 15) is 4.79 Å². The van der Waals surface area contributed by atoms with Crippen LogP contribution in [-0.4, -0.2) is 50.1 Å². The van der Waals surface area contributed by atoms with Gasteiger partial charge in [-0.2, -0.15) is 0 Å². The number of hydrogen-bond acceptors (Lipinski definition) is 5. The molecule has 1 saturated heterocycles. The third-order valence-corrected chi connectivity index (χ3v) is 8.48. The summed E-state index contributed by atoms with van der Waals surface area (Å²) in [7, 11) is 5.59. The van der Waals surface area contributed by atoms with Gasteiger partial charge in [0.15, 0.2) is 11.5 Å². The summed E-state index contributed by atoms with van der Waals surface area (Å²) in [6.07, 6.45) is 3.03. The number of likely N-dealkylation sites (tertiary alicyclic amines) is 1. The van der Waals surface area contributed by atoms with Gasteiger partial charge in [-0.3, -0.25) is 4.79 Å². The number of hydrogen-bond donors (Lipinski definition) is 0. The molecule has 170 valence electrons. The Morgan fingerprint density at radius 1 is 1.06 bits per heavy atom. The van der Waals surface area contributed by atoms with E-state index >= 15 is 0 Å².